The number of carbonyl (C=O) groups is 1. The second-order valence-electron chi connectivity index (χ2n) is 7.82. The maximum atomic E-state index is 12.6. The highest BCUT2D eigenvalue weighted by Gasteiger charge is 2.23. The minimum absolute atomic E-state index is 0.00148. The molecule has 2 aliphatic rings. The number of nitrogens with one attached hydrogen (secondary N) is 2. The zero-order chi connectivity index (χ0) is 20.3. The fourth-order valence-electron chi connectivity index (χ4n) is 4.03. The number of sulfonamides is 1. The van der Waals surface area contributed by atoms with Gasteiger partial charge in [0.25, 0.3) is 5.91 Å². The van der Waals surface area contributed by atoms with Crippen molar-refractivity contribution in [2.45, 2.75) is 68.7 Å². The summed E-state index contributed by atoms with van der Waals surface area (Å²) < 4.78 is 28.0. The van der Waals surface area contributed by atoms with Crippen LogP contribution in [-0.4, -0.2) is 31.9 Å². The number of nitrogens with zero attached hydrogens (tertiary/aromatic N) is 1. The molecule has 2 N–H and O–H groups in total. The van der Waals surface area contributed by atoms with Gasteiger partial charge in [-0.1, -0.05) is 18.9 Å². The molecule has 2 aromatic rings. The molecule has 1 amide bonds. The largest absolute Gasteiger partial charge is 0.352 e. The first-order valence-electron chi connectivity index (χ1n) is 10.4. The van der Waals surface area contributed by atoms with Crippen LogP contribution in [0.4, 0.5) is 0 Å². The molecule has 4 rings (SSSR count). The molecule has 1 fully saturated rings. The van der Waals surface area contributed by atoms with E-state index in [1.54, 1.807) is 23.5 Å². The lowest BCUT2D eigenvalue weighted by Crippen LogP contribution is -2.33. The molecule has 1 heterocycles. The maximum absolute atomic E-state index is 12.6. The molecule has 8 heteroatoms. The van der Waals surface area contributed by atoms with Crippen LogP contribution in [0, 0.1) is 0 Å². The summed E-state index contributed by atoms with van der Waals surface area (Å²) in [5.74, 6) is -0.260. The number of fused-ring (bicyclic) bond motifs is 1. The SMILES string of the molecule is O=C(NCCc1nc2c(s1)CCCC2)c1cccc(S(=O)(=O)NC2CCCC2)c1. The van der Waals surface area contributed by atoms with Gasteiger partial charge in [-0.05, 0) is 56.7 Å². The molecule has 0 spiro atoms. The van der Waals surface area contributed by atoms with E-state index in [0.29, 0.717) is 18.5 Å². The van der Waals surface area contributed by atoms with E-state index in [2.05, 4.69) is 10.0 Å². The summed E-state index contributed by atoms with van der Waals surface area (Å²) in [6.45, 7) is 0.489. The molecule has 156 valence electrons. The average molecular weight is 434 g/mol. The van der Waals surface area contributed by atoms with E-state index < -0.39 is 10.0 Å². The summed E-state index contributed by atoms with van der Waals surface area (Å²) in [5.41, 5.74) is 1.59. The average Bonchev–Trinajstić information content (AvgIpc) is 3.36. The van der Waals surface area contributed by atoms with E-state index in [0.717, 1.165) is 43.5 Å². The fourth-order valence-corrected chi connectivity index (χ4v) is 6.54. The van der Waals surface area contributed by atoms with Crippen LogP contribution >= 0.6 is 11.3 Å². The molecule has 0 saturated heterocycles. The Morgan fingerprint density at radius 2 is 1.93 bits per heavy atom. The van der Waals surface area contributed by atoms with Gasteiger partial charge in [0.1, 0.15) is 0 Å². The van der Waals surface area contributed by atoms with Crippen LogP contribution in [0.2, 0.25) is 0 Å². The summed E-state index contributed by atoms with van der Waals surface area (Å²) in [6, 6.07) is 6.25. The van der Waals surface area contributed by atoms with Crippen molar-refractivity contribution in [2.24, 2.45) is 0 Å². The number of aromatic nitrogens is 1. The Bertz CT molecular complexity index is 955. The molecule has 0 atom stereocenters. The first kappa shape index (κ1) is 20.5. The predicted octanol–water partition coefficient (Wildman–Crippen LogP) is 3.22. The van der Waals surface area contributed by atoms with E-state index in [1.165, 1.54) is 35.5 Å². The van der Waals surface area contributed by atoms with Crippen molar-refractivity contribution >= 4 is 27.3 Å². The lowest BCUT2D eigenvalue weighted by atomic mass is 10.0. The van der Waals surface area contributed by atoms with E-state index >= 15 is 0 Å². The molecule has 0 unspecified atom stereocenters. The summed E-state index contributed by atoms with van der Waals surface area (Å²) in [4.78, 5) is 18.7. The second-order valence-corrected chi connectivity index (χ2v) is 10.7. The van der Waals surface area contributed by atoms with Crippen LogP contribution in [0.5, 0.6) is 0 Å². The molecule has 0 bridgehead atoms. The molecule has 1 saturated carbocycles. The molecule has 6 nitrogen and oxygen atoms in total. The van der Waals surface area contributed by atoms with Crippen LogP contribution in [0.15, 0.2) is 29.2 Å². The lowest BCUT2D eigenvalue weighted by molar-refractivity contribution is 0.0954. The molecular weight excluding hydrogens is 406 g/mol. The van der Waals surface area contributed by atoms with Gasteiger partial charge in [0.05, 0.1) is 15.6 Å². The van der Waals surface area contributed by atoms with Crippen molar-refractivity contribution < 1.29 is 13.2 Å². The van der Waals surface area contributed by atoms with Crippen molar-refractivity contribution in [2.75, 3.05) is 6.54 Å². The Labute approximate surface area is 176 Å². The predicted molar refractivity (Wildman–Crippen MR) is 114 cm³/mol. The summed E-state index contributed by atoms with van der Waals surface area (Å²) >= 11 is 1.75. The van der Waals surface area contributed by atoms with Gasteiger partial charge >= 0.3 is 0 Å². The van der Waals surface area contributed by atoms with E-state index in [4.69, 9.17) is 4.98 Å². The van der Waals surface area contributed by atoms with Gasteiger partial charge in [-0.2, -0.15) is 0 Å². The second kappa shape index (κ2) is 8.93. The van der Waals surface area contributed by atoms with Crippen LogP contribution < -0.4 is 10.0 Å². The van der Waals surface area contributed by atoms with Crippen LogP contribution in [0.3, 0.4) is 0 Å². The van der Waals surface area contributed by atoms with Gasteiger partial charge in [-0.25, -0.2) is 18.1 Å². The summed E-state index contributed by atoms with van der Waals surface area (Å²) in [5, 5.41) is 3.96. The highest BCUT2D eigenvalue weighted by molar-refractivity contribution is 7.89. The number of hydrogen-bond acceptors (Lipinski definition) is 5. The minimum Gasteiger partial charge on any atom is -0.352 e. The third-order valence-corrected chi connectivity index (χ3v) is 8.33. The Hall–Kier alpha value is -1.77. The van der Waals surface area contributed by atoms with Gasteiger partial charge in [0.2, 0.25) is 10.0 Å². The molecular formula is C21H27N3O3S2. The number of amides is 1. The maximum Gasteiger partial charge on any atom is 0.251 e. The molecule has 2 aliphatic carbocycles. The van der Waals surface area contributed by atoms with Crippen molar-refractivity contribution in [3.63, 3.8) is 0 Å². The zero-order valence-corrected chi connectivity index (χ0v) is 18.1. The normalized spacial score (nSPS) is 17.2. The van der Waals surface area contributed by atoms with Crippen LogP contribution in [-0.2, 0) is 29.3 Å². The first-order chi connectivity index (χ1) is 14.0. The van der Waals surface area contributed by atoms with Gasteiger partial charge < -0.3 is 5.32 Å². The van der Waals surface area contributed by atoms with Crippen LogP contribution in [0.25, 0.3) is 0 Å². The monoisotopic (exact) mass is 433 g/mol. The number of hydrogen-bond donors (Lipinski definition) is 2. The lowest BCUT2D eigenvalue weighted by Gasteiger charge is -2.13. The van der Waals surface area contributed by atoms with Crippen molar-refractivity contribution in [1.29, 1.82) is 0 Å². The topological polar surface area (TPSA) is 88.2 Å². The van der Waals surface area contributed by atoms with Crippen molar-refractivity contribution in [3.05, 3.63) is 45.4 Å². The summed E-state index contributed by atoms with van der Waals surface area (Å²) in [6.07, 6.45) is 9.19. The number of benzene rings is 1. The van der Waals surface area contributed by atoms with Crippen LogP contribution in [0.1, 0.15) is 64.5 Å². The number of carbonyl (C=O) groups excluding carboxylic acids is 1. The Kier molecular flexibility index (Phi) is 6.32. The van der Waals surface area contributed by atoms with Gasteiger partial charge in [0, 0.05) is 29.4 Å². The van der Waals surface area contributed by atoms with Gasteiger partial charge in [-0.3, -0.25) is 4.79 Å². The Balaban J connectivity index is 1.35. The van der Waals surface area contributed by atoms with Crippen molar-refractivity contribution in [3.8, 4) is 0 Å². The third kappa shape index (κ3) is 5.05. The van der Waals surface area contributed by atoms with E-state index in [9.17, 15) is 13.2 Å². The molecule has 1 aromatic carbocycles. The van der Waals surface area contributed by atoms with E-state index in [-0.39, 0.29) is 16.8 Å². The van der Waals surface area contributed by atoms with Gasteiger partial charge in [-0.15, -0.1) is 11.3 Å². The molecule has 29 heavy (non-hydrogen) atoms. The fraction of sp³-hybridized carbons (Fsp3) is 0.524. The highest BCUT2D eigenvalue weighted by Crippen LogP contribution is 2.26. The zero-order valence-electron chi connectivity index (χ0n) is 16.4. The standard InChI is InChI=1S/C21H27N3O3S2/c25-21(22-13-12-20-23-18-10-3-4-11-19(18)28-20)15-6-5-9-17(14-15)29(26,27)24-16-7-1-2-8-16/h5-6,9,14,16,24H,1-4,7-8,10-13H2,(H,22,25). The minimum atomic E-state index is -3.60. The number of aryl methyl sites for hydroxylation is 2. The van der Waals surface area contributed by atoms with E-state index in [1.807, 2.05) is 0 Å². The smallest absolute Gasteiger partial charge is 0.251 e. The highest BCUT2D eigenvalue weighted by atomic mass is 32.2. The third-order valence-electron chi connectivity index (χ3n) is 5.60. The van der Waals surface area contributed by atoms with Gasteiger partial charge in [0.15, 0.2) is 0 Å². The number of rotatable bonds is 7. The molecule has 0 aliphatic heterocycles. The molecule has 1 aromatic heterocycles. The molecule has 0 radical (unpaired) electrons. The Morgan fingerprint density at radius 1 is 1.14 bits per heavy atom. The quantitative estimate of drug-likeness (QED) is 0.702. The Morgan fingerprint density at radius 3 is 2.72 bits per heavy atom. The number of thiazole rings is 1. The first-order valence-corrected chi connectivity index (χ1v) is 12.7. The van der Waals surface area contributed by atoms with Crippen molar-refractivity contribution in [1.82, 2.24) is 15.0 Å². The summed E-state index contributed by atoms with van der Waals surface area (Å²) in [7, 11) is -3.60.